The molecule has 5 aliphatic rings. The second-order valence-corrected chi connectivity index (χ2v) is 15.9. The van der Waals surface area contributed by atoms with E-state index in [0.717, 1.165) is 0 Å². The molecule has 1 unspecified atom stereocenters. The van der Waals surface area contributed by atoms with Gasteiger partial charge in [0, 0.05) is 38.3 Å². The Morgan fingerprint density at radius 3 is 2.12 bits per heavy atom. The van der Waals surface area contributed by atoms with Crippen LogP contribution in [-0.2, 0) is 16.5 Å². The lowest BCUT2D eigenvalue weighted by atomic mass is 9.64. The van der Waals surface area contributed by atoms with Gasteiger partial charge in [-0.1, -0.05) is 105 Å². The Morgan fingerprint density at radius 2 is 1.28 bits per heavy atom. The third kappa shape index (κ3) is 2.42. The van der Waals surface area contributed by atoms with Crippen LogP contribution in [0.1, 0.15) is 61.1 Å². The number of pyridine rings is 1. The van der Waals surface area contributed by atoms with Crippen molar-refractivity contribution < 1.29 is 9.25 Å². The van der Waals surface area contributed by atoms with Gasteiger partial charge in [-0.25, -0.2) is 0 Å². The predicted octanol–water partition coefficient (Wildman–Crippen LogP) is 8.80. The Bertz CT molecular complexity index is 2920. The molecule has 1 spiro atoms. The minimum absolute atomic E-state index is 0.196. The van der Waals surface area contributed by atoms with Gasteiger partial charge in [0.15, 0.2) is 5.69 Å². The summed E-state index contributed by atoms with van der Waals surface area (Å²) in [7, 11) is 0. The number of hydrogen-bond donors (Lipinski definition) is 0. The van der Waals surface area contributed by atoms with Crippen molar-refractivity contribution in [1.29, 1.82) is 0 Å². The molecule has 5 aliphatic heterocycles. The van der Waals surface area contributed by atoms with Crippen LogP contribution in [0.2, 0.25) is 0 Å². The van der Waals surface area contributed by atoms with Gasteiger partial charge in [-0.3, -0.25) is 0 Å². The molecule has 13 rings (SSSR count). The third-order valence-electron chi connectivity index (χ3n) is 13.1. The van der Waals surface area contributed by atoms with Crippen LogP contribution >= 0.6 is 0 Å². The quantitative estimate of drug-likeness (QED) is 0.164. The smallest absolute Gasteiger partial charge is 0.307 e. The first-order valence-corrected chi connectivity index (χ1v) is 17.8. The summed E-state index contributed by atoms with van der Waals surface area (Å²) in [4.78, 5) is 2.66. The van der Waals surface area contributed by atoms with E-state index in [4.69, 9.17) is 0 Å². The van der Waals surface area contributed by atoms with Gasteiger partial charge in [0.1, 0.15) is 22.5 Å². The van der Waals surface area contributed by atoms with E-state index >= 15 is 0 Å². The van der Waals surface area contributed by atoms with Crippen molar-refractivity contribution in [2.24, 2.45) is 0 Å². The molecule has 0 N–H and O–H groups in total. The summed E-state index contributed by atoms with van der Waals surface area (Å²) >= 11 is 0. The zero-order valence-electron chi connectivity index (χ0n) is 28.4. The number of hydrogen-bond acceptors (Lipinski definition) is 1. The monoisotopic (exact) mass is 643 g/mol. The van der Waals surface area contributed by atoms with Crippen LogP contribution in [0, 0.1) is 0 Å². The average Bonchev–Trinajstić information content (AvgIpc) is 3.80. The summed E-state index contributed by atoms with van der Waals surface area (Å²) in [5, 5.41) is 2.60. The second-order valence-electron chi connectivity index (χ2n) is 15.9. The molecular formula is C45H33N5+2. The van der Waals surface area contributed by atoms with Crippen molar-refractivity contribution >= 4 is 39.0 Å². The van der Waals surface area contributed by atoms with Gasteiger partial charge < -0.3 is 4.57 Å². The van der Waals surface area contributed by atoms with Crippen molar-refractivity contribution in [1.82, 2.24) is 9.25 Å². The lowest BCUT2D eigenvalue weighted by molar-refractivity contribution is -0.991. The van der Waals surface area contributed by atoms with Crippen molar-refractivity contribution in [3.8, 4) is 22.5 Å². The highest BCUT2D eigenvalue weighted by molar-refractivity contribution is 6.13. The fraction of sp³-hybridized carbons (Fsp3) is 0.156. The fourth-order valence-corrected chi connectivity index (χ4v) is 10.9. The van der Waals surface area contributed by atoms with Crippen molar-refractivity contribution in [2.45, 2.75) is 44.2 Å². The van der Waals surface area contributed by atoms with Gasteiger partial charge in [-0.15, -0.1) is 4.68 Å². The highest BCUT2D eigenvalue weighted by Crippen LogP contribution is 2.65. The molecule has 5 aromatic carbocycles. The van der Waals surface area contributed by atoms with E-state index in [1.807, 2.05) is 0 Å². The maximum absolute atomic E-state index is 2.66. The lowest BCUT2D eigenvalue weighted by Crippen LogP contribution is -2.78. The highest BCUT2D eigenvalue weighted by Gasteiger charge is 2.71. The lowest BCUT2D eigenvalue weighted by Gasteiger charge is -2.49. The largest absolute Gasteiger partial charge is 0.394 e. The number of rotatable bonds is 1. The Labute approximate surface area is 289 Å². The molecule has 0 aliphatic carbocycles. The fourth-order valence-electron chi connectivity index (χ4n) is 10.9. The van der Waals surface area contributed by atoms with Crippen LogP contribution < -0.4 is 14.1 Å². The Balaban J connectivity index is 1.32. The van der Waals surface area contributed by atoms with E-state index in [2.05, 4.69) is 179 Å². The first-order chi connectivity index (χ1) is 24.3. The van der Waals surface area contributed by atoms with Gasteiger partial charge in [0.05, 0.1) is 40.2 Å². The van der Waals surface area contributed by atoms with Crippen LogP contribution in [-0.4, -0.2) is 9.25 Å². The van der Waals surface area contributed by atoms with E-state index < -0.39 is 5.66 Å². The standard InChI is InChI=1S/C45H33N5/c1-43(2)30-15-10-16-31-40(30)50-41-32(43)20-22-36-38(41)45(46-23-11-17-33(42(46)50)44(31,3)4)37-35(47-24-27(25-48(45)47)26-12-6-5-7-13-26)21-19-29-28-14-8-9-18-34(28)49(36)39(29)37/h5-25H,1-4H3/q+2. The molecule has 3 aromatic heterocycles. The Kier molecular flexibility index (Phi) is 4.04. The molecule has 0 saturated heterocycles. The number of nitrogens with zero attached hydrogens (tertiary/aromatic N) is 5. The highest BCUT2D eigenvalue weighted by atomic mass is 15.5. The molecular weight excluding hydrogens is 611 g/mol. The van der Waals surface area contributed by atoms with Crippen LogP contribution in [0.25, 0.3) is 44.3 Å². The molecule has 1 atom stereocenters. The minimum atomic E-state index is -0.662. The maximum atomic E-state index is 2.66. The molecule has 0 saturated carbocycles. The van der Waals surface area contributed by atoms with Crippen LogP contribution in [0.3, 0.4) is 0 Å². The SMILES string of the molecule is CC1(C)c2cccc3c2N2c4c1ccc1c4C4(c5c(ccc6c7ccccc7n-1c56)-n1cc(-c5ccccc5)c[n+]14)[n+]1cccc(c12)C3(C)C. The van der Waals surface area contributed by atoms with E-state index in [-0.39, 0.29) is 10.8 Å². The van der Waals surface area contributed by atoms with Crippen LogP contribution in [0.15, 0.2) is 128 Å². The van der Waals surface area contributed by atoms with Gasteiger partial charge in [0.25, 0.3) is 5.82 Å². The summed E-state index contributed by atoms with van der Waals surface area (Å²) in [6.07, 6.45) is 7.12. The molecule has 0 bridgehead atoms. The average molecular weight is 644 g/mol. The predicted molar refractivity (Wildman–Crippen MR) is 196 cm³/mol. The van der Waals surface area contributed by atoms with Gasteiger partial charge in [0.2, 0.25) is 6.20 Å². The molecule has 0 fully saturated rings. The minimum Gasteiger partial charge on any atom is -0.307 e. The number of fused-ring (bicyclic) bond motifs is 6. The molecule has 0 amide bonds. The first-order valence-electron chi connectivity index (χ1n) is 17.8. The Morgan fingerprint density at radius 1 is 0.560 bits per heavy atom. The Hall–Kier alpha value is -5.94. The number of benzene rings is 5. The zero-order valence-corrected chi connectivity index (χ0v) is 28.4. The molecule has 8 heterocycles. The van der Waals surface area contributed by atoms with E-state index in [1.54, 1.807) is 0 Å². The van der Waals surface area contributed by atoms with Crippen molar-refractivity contribution in [3.05, 3.63) is 161 Å². The maximum Gasteiger partial charge on any atom is 0.394 e. The third-order valence-corrected chi connectivity index (χ3v) is 13.1. The summed E-state index contributed by atoms with van der Waals surface area (Å²) in [6, 6.07) is 41.1. The zero-order chi connectivity index (χ0) is 33.1. The van der Waals surface area contributed by atoms with E-state index in [1.165, 1.54) is 94.9 Å². The molecule has 5 heteroatoms. The summed E-state index contributed by atoms with van der Waals surface area (Å²) < 4.78 is 10.2. The number of aromatic nitrogens is 4. The van der Waals surface area contributed by atoms with Gasteiger partial charge in [-0.05, 0) is 42.0 Å². The molecule has 5 nitrogen and oxygen atoms in total. The van der Waals surface area contributed by atoms with Crippen LogP contribution in [0.4, 0.5) is 17.2 Å². The van der Waals surface area contributed by atoms with Crippen molar-refractivity contribution in [3.63, 3.8) is 0 Å². The number of anilines is 3. The van der Waals surface area contributed by atoms with Crippen LogP contribution in [0.5, 0.6) is 0 Å². The molecule has 8 aromatic rings. The van der Waals surface area contributed by atoms with Crippen molar-refractivity contribution in [2.75, 3.05) is 4.90 Å². The molecule has 50 heavy (non-hydrogen) atoms. The molecule has 0 radical (unpaired) electrons. The summed E-state index contributed by atoms with van der Waals surface area (Å²) in [6.45, 7) is 9.71. The normalized spacial score (nSPS) is 19.6. The first kappa shape index (κ1) is 26.0. The summed E-state index contributed by atoms with van der Waals surface area (Å²) in [5.74, 6) is 1.27. The second kappa shape index (κ2) is 7.76. The molecule has 236 valence electrons. The van der Waals surface area contributed by atoms with E-state index in [9.17, 15) is 0 Å². The van der Waals surface area contributed by atoms with Gasteiger partial charge in [-0.2, -0.15) is 9.47 Å². The van der Waals surface area contributed by atoms with E-state index in [0.29, 0.717) is 0 Å². The topological polar surface area (TPSA) is 20.9 Å². The number of para-hydroxylation sites is 2. The summed E-state index contributed by atoms with van der Waals surface area (Å²) in [5.41, 5.74) is 17.3. The van der Waals surface area contributed by atoms with Gasteiger partial charge >= 0.3 is 5.66 Å².